The molecule has 2 aliphatic heterocycles. The lowest BCUT2D eigenvalue weighted by Crippen LogP contribution is -2.43. The first-order chi connectivity index (χ1) is 9.86. The minimum Gasteiger partial charge on any atom is -0.375 e. The fourth-order valence-electron chi connectivity index (χ4n) is 3.19. The van der Waals surface area contributed by atoms with E-state index in [0.717, 1.165) is 25.9 Å². The molecule has 5 heteroatoms. The molecule has 0 spiro atoms. The monoisotopic (exact) mass is 294 g/mol. The van der Waals surface area contributed by atoms with Gasteiger partial charge in [-0.3, -0.25) is 4.90 Å². The van der Waals surface area contributed by atoms with Crippen molar-refractivity contribution in [2.75, 3.05) is 19.8 Å². The van der Waals surface area contributed by atoms with Gasteiger partial charge in [-0.05, 0) is 19.3 Å². The van der Waals surface area contributed by atoms with Gasteiger partial charge < -0.3 is 9.47 Å². The number of hydrogen-bond donors (Lipinski definition) is 0. The summed E-state index contributed by atoms with van der Waals surface area (Å²) in [5, 5.41) is 3.26. The maximum atomic E-state index is 6.19. The molecule has 0 amide bonds. The second-order valence-corrected chi connectivity index (χ2v) is 6.43. The van der Waals surface area contributed by atoms with Crippen LogP contribution in [0.1, 0.15) is 24.3 Å². The molecule has 1 aromatic rings. The van der Waals surface area contributed by atoms with Crippen LogP contribution in [0.25, 0.3) is 0 Å². The molecule has 4 nitrogen and oxygen atoms in total. The fourth-order valence-corrected chi connectivity index (χ4v) is 3.83. The molecule has 0 aromatic carbocycles. The number of hydrogen-bond acceptors (Lipinski definition) is 5. The Hall–Kier alpha value is -0.750. The lowest BCUT2D eigenvalue weighted by Gasteiger charge is -2.35. The Kier molecular flexibility index (Phi) is 4.83. The van der Waals surface area contributed by atoms with Crippen LogP contribution in [0.2, 0.25) is 0 Å². The number of rotatable bonds is 6. The number of aromatic nitrogens is 1. The predicted octanol–water partition coefficient (Wildman–Crippen LogP) is 2.47. The molecular weight excluding hydrogens is 272 g/mol. The van der Waals surface area contributed by atoms with E-state index in [1.807, 2.05) is 11.6 Å². The van der Waals surface area contributed by atoms with Crippen LogP contribution < -0.4 is 0 Å². The van der Waals surface area contributed by atoms with Crippen molar-refractivity contribution in [1.82, 2.24) is 9.88 Å². The van der Waals surface area contributed by atoms with Crippen LogP contribution in [0, 0.1) is 0 Å². The molecule has 3 atom stereocenters. The second-order valence-electron chi connectivity index (χ2n) is 5.45. The van der Waals surface area contributed by atoms with Crippen molar-refractivity contribution < 1.29 is 9.47 Å². The minimum absolute atomic E-state index is 0.260. The van der Waals surface area contributed by atoms with Crippen molar-refractivity contribution in [3.63, 3.8) is 0 Å². The maximum Gasteiger partial charge on any atom is 0.107 e. The van der Waals surface area contributed by atoms with Gasteiger partial charge in [0.05, 0.1) is 32.0 Å². The maximum absolute atomic E-state index is 6.19. The van der Waals surface area contributed by atoms with Crippen LogP contribution in [-0.2, 0) is 16.0 Å². The number of nitrogens with zero attached hydrogens (tertiary/aromatic N) is 2. The van der Waals surface area contributed by atoms with E-state index in [2.05, 4.69) is 16.5 Å². The molecule has 0 radical (unpaired) electrons. The fraction of sp³-hybridized carbons (Fsp3) is 0.667. The molecule has 0 aliphatic carbocycles. The van der Waals surface area contributed by atoms with E-state index in [9.17, 15) is 0 Å². The topological polar surface area (TPSA) is 34.6 Å². The summed E-state index contributed by atoms with van der Waals surface area (Å²) >= 11 is 1.74. The van der Waals surface area contributed by atoms with Gasteiger partial charge in [0, 0.05) is 24.2 Å². The molecule has 20 heavy (non-hydrogen) atoms. The largest absolute Gasteiger partial charge is 0.375 e. The van der Waals surface area contributed by atoms with Gasteiger partial charge in [0.1, 0.15) is 5.01 Å². The van der Waals surface area contributed by atoms with Crippen LogP contribution in [-0.4, -0.2) is 47.9 Å². The van der Waals surface area contributed by atoms with Gasteiger partial charge in [0.15, 0.2) is 0 Å². The van der Waals surface area contributed by atoms with Crippen LogP contribution in [0.4, 0.5) is 0 Å². The molecular formula is C15H22N2O2S. The van der Waals surface area contributed by atoms with Gasteiger partial charge in [0.2, 0.25) is 0 Å². The standard InChI is InChI=1S/C15H22N2O2S/c1-2-8-18-11-12-3-4-13-14(19-12)5-7-17(13)10-15-16-6-9-20-15/h2,6,9,12-14H,1,3-5,7-8,10-11H2/t12-,13-,14-/m1/s1. The Morgan fingerprint density at radius 2 is 2.45 bits per heavy atom. The predicted molar refractivity (Wildman–Crippen MR) is 79.8 cm³/mol. The Labute approximate surface area is 124 Å². The lowest BCUT2D eigenvalue weighted by molar-refractivity contribution is -0.0971. The molecule has 2 fully saturated rings. The van der Waals surface area contributed by atoms with Gasteiger partial charge in [-0.15, -0.1) is 17.9 Å². The van der Waals surface area contributed by atoms with E-state index < -0.39 is 0 Å². The van der Waals surface area contributed by atoms with Gasteiger partial charge in [-0.2, -0.15) is 0 Å². The summed E-state index contributed by atoms with van der Waals surface area (Å²) < 4.78 is 11.7. The highest BCUT2D eigenvalue weighted by Crippen LogP contribution is 2.32. The Balaban J connectivity index is 1.50. The first kappa shape index (κ1) is 14.2. The highest BCUT2D eigenvalue weighted by atomic mass is 32.1. The Bertz CT molecular complexity index is 424. The third-order valence-electron chi connectivity index (χ3n) is 4.11. The molecule has 1 aromatic heterocycles. The lowest BCUT2D eigenvalue weighted by atomic mass is 9.99. The van der Waals surface area contributed by atoms with Crippen LogP contribution in [0.5, 0.6) is 0 Å². The molecule has 0 unspecified atom stereocenters. The van der Waals surface area contributed by atoms with Gasteiger partial charge >= 0.3 is 0 Å². The summed E-state index contributed by atoms with van der Waals surface area (Å²) in [5.41, 5.74) is 0. The van der Waals surface area contributed by atoms with E-state index in [-0.39, 0.29) is 6.10 Å². The number of ether oxygens (including phenoxy) is 2. The van der Waals surface area contributed by atoms with E-state index in [0.29, 0.717) is 25.4 Å². The zero-order chi connectivity index (χ0) is 13.8. The summed E-state index contributed by atoms with van der Waals surface area (Å²) in [7, 11) is 0. The van der Waals surface area contributed by atoms with Crippen molar-refractivity contribution in [1.29, 1.82) is 0 Å². The minimum atomic E-state index is 0.260. The third kappa shape index (κ3) is 3.28. The molecule has 0 saturated carbocycles. The van der Waals surface area contributed by atoms with Gasteiger partial charge in [-0.1, -0.05) is 6.08 Å². The number of likely N-dealkylation sites (tertiary alicyclic amines) is 1. The molecule has 0 bridgehead atoms. The van der Waals surface area contributed by atoms with Crippen molar-refractivity contribution >= 4 is 11.3 Å². The number of thiazole rings is 1. The van der Waals surface area contributed by atoms with Crippen molar-refractivity contribution in [3.8, 4) is 0 Å². The molecule has 2 saturated heterocycles. The molecule has 110 valence electrons. The zero-order valence-corrected chi connectivity index (χ0v) is 12.6. The Morgan fingerprint density at radius 3 is 3.25 bits per heavy atom. The Morgan fingerprint density at radius 1 is 1.50 bits per heavy atom. The summed E-state index contributed by atoms with van der Waals surface area (Å²) in [6.45, 7) is 7.07. The molecule has 3 rings (SSSR count). The number of fused-ring (bicyclic) bond motifs is 1. The first-order valence-electron chi connectivity index (χ1n) is 7.33. The van der Waals surface area contributed by atoms with E-state index in [1.54, 1.807) is 17.4 Å². The molecule has 3 heterocycles. The summed E-state index contributed by atoms with van der Waals surface area (Å²) in [4.78, 5) is 6.92. The third-order valence-corrected chi connectivity index (χ3v) is 4.88. The highest BCUT2D eigenvalue weighted by molar-refractivity contribution is 7.09. The van der Waals surface area contributed by atoms with Crippen molar-refractivity contribution in [2.45, 2.75) is 44.1 Å². The highest BCUT2D eigenvalue weighted by Gasteiger charge is 2.39. The quantitative estimate of drug-likeness (QED) is 0.596. The summed E-state index contributed by atoms with van der Waals surface area (Å²) in [6.07, 6.45) is 7.74. The van der Waals surface area contributed by atoms with Crippen LogP contribution in [0.3, 0.4) is 0 Å². The van der Waals surface area contributed by atoms with Gasteiger partial charge in [-0.25, -0.2) is 4.98 Å². The SMILES string of the molecule is C=CCOC[C@H]1CC[C@@H]2[C@@H](CCN2Cc2nccs2)O1. The van der Waals surface area contributed by atoms with E-state index >= 15 is 0 Å². The summed E-state index contributed by atoms with van der Waals surface area (Å²) in [6, 6.07) is 0.564. The van der Waals surface area contributed by atoms with Crippen molar-refractivity contribution in [3.05, 3.63) is 29.2 Å². The smallest absolute Gasteiger partial charge is 0.107 e. The first-order valence-corrected chi connectivity index (χ1v) is 8.21. The van der Waals surface area contributed by atoms with Crippen LogP contribution in [0.15, 0.2) is 24.2 Å². The zero-order valence-electron chi connectivity index (χ0n) is 11.7. The van der Waals surface area contributed by atoms with Gasteiger partial charge in [0.25, 0.3) is 0 Å². The normalized spacial score (nSPS) is 30.3. The average molecular weight is 294 g/mol. The molecule has 0 N–H and O–H groups in total. The summed E-state index contributed by atoms with van der Waals surface area (Å²) in [5.74, 6) is 0. The molecule has 2 aliphatic rings. The van der Waals surface area contributed by atoms with Crippen LogP contribution >= 0.6 is 11.3 Å². The second kappa shape index (κ2) is 6.80. The van der Waals surface area contributed by atoms with Crippen molar-refractivity contribution in [2.24, 2.45) is 0 Å². The van der Waals surface area contributed by atoms with E-state index in [4.69, 9.17) is 9.47 Å². The van der Waals surface area contributed by atoms with E-state index in [1.165, 1.54) is 11.4 Å². The average Bonchev–Trinajstić information content (AvgIpc) is 3.10.